The summed E-state index contributed by atoms with van der Waals surface area (Å²) in [5, 5.41) is 3.49. The number of benzene rings is 2. The Morgan fingerprint density at radius 3 is 2.58 bits per heavy atom. The molecule has 164 valence electrons. The van der Waals surface area contributed by atoms with Crippen molar-refractivity contribution in [1.82, 2.24) is 13.9 Å². The largest absolute Gasteiger partial charge is 0.325 e. The second-order valence-electron chi connectivity index (χ2n) is 7.40. The Morgan fingerprint density at radius 1 is 1.13 bits per heavy atom. The number of hydrogen-bond acceptors (Lipinski definition) is 5. The maximum absolute atomic E-state index is 12.5. The van der Waals surface area contributed by atoms with Gasteiger partial charge in [-0.2, -0.15) is 0 Å². The molecule has 31 heavy (non-hydrogen) atoms. The first-order valence-corrected chi connectivity index (χ1v) is 12.1. The Kier molecular flexibility index (Phi) is 6.88. The van der Waals surface area contributed by atoms with Crippen LogP contribution in [0, 0.1) is 20.8 Å². The highest BCUT2D eigenvalue weighted by molar-refractivity contribution is 7.99. The van der Waals surface area contributed by atoms with Gasteiger partial charge in [0, 0.05) is 32.2 Å². The highest BCUT2D eigenvalue weighted by Gasteiger charge is 2.20. The third kappa shape index (κ3) is 5.00. The van der Waals surface area contributed by atoms with Crippen LogP contribution in [0.25, 0.3) is 5.69 Å². The molecule has 3 rings (SSSR count). The van der Waals surface area contributed by atoms with Crippen LogP contribution < -0.4 is 5.32 Å². The van der Waals surface area contributed by atoms with Gasteiger partial charge in [0.25, 0.3) is 0 Å². The van der Waals surface area contributed by atoms with Gasteiger partial charge in [-0.3, -0.25) is 9.36 Å². The fourth-order valence-electron chi connectivity index (χ4n) is 3.06. The number of rotatable bonds is 7. The lowest BCUT2D eigenvalue weighted by atomic mass is 10.1. The molecule has 0 bridgehead atoms. The molecule has 0 radical (unpaired) electrons. The molecule has 2 aromatic carbocycles. The summed E-state index contributed by atoms with van der Waals surface area (Å²) in [6.45, 7) is 5.84. The standard InChI is InChI=1S/C22H26N4O3S2/c1-15-7-6-8-19(17(15)3)26-12-11-23-22(26)30-14-21(27)24-18-10-9-16(2)20(13-18)31(28,29)25(4)5/h6-13H,14H2,1-5H3,(H,24,27). The van der Waals surface area contributed by atoms with Crippen LogP contribution in [0.15, 0.2) is 58.8 Å². The molecule has 0 aliphatic carbocycles. The van der Waals surface area contributed by atoms with E-state index in [4.69, 9.17) is 0 Å². The molecule has 0 aliphatic rings. The van der Waals surface area contributed by atoms with Crippen LogP contribution in [0.4, 0.5) is 5.69 Å². The quantitative estimate of drug-likeness (QED) is 0.545. The Labute approximate surface area is 187 Å². The maximum Gasteiger partial charge on any atom is 0.242 e. The molecular weight excluding hydrogens is 432 g/mol. The van der Waals surface area contributed by atoms with E-state index in [1.807, 2.05) is 22.9 Å². The van der Waals surface area contributed by atoms with Crippen molar-refractivity contribution < 1.29 is 13.2 Å². The summed E-state index contributed by atoms with van der Waals surface area (Å²) < 4.78 is 28.1. The number of aryl methyl sites for hydroxylation is 2. The van der Waals surface area contributed by atoms with Crippen molar-refractivity contribution in [1.29, 1.82) is 0 Å². The van der Waals surface area contributed by atoms with Gasteiger partial charge in [0.05, 0.1) is 16.3 Å². The first kappa shape index (κ1) is 23.1. The number of imidazole rings is 1. The first-order valence-electron chi connectivity index (χ1n) is 9.67. The van der Waals surface area contributed by atoms with Crippen LogP contribution in [0.3, 0.4) is 0 Å². The Morgan fingerprint density at radius 2 is 1.87 bits per heavy atom. The molecule has 1 aromatic heterocycles. The smallest absolute Gasteiger partial charge is 0.242 e. The second kappa shape index (κ2) is 9.25. The number of carbonyl (C=O) groups is 1. The Hall–Kier alpha value is -2.62. The highest BCUT2D eigenvalue weighted by atomic mass is 32.2. The van der Waals surface area contributed by atoms with Crippen LogP contribution >= 0.6 is 11.8 Å². The van der Waals surface area contributed by atoms with Crippen LogP contribution in [0.2, 0.25) is 0 Å². The normalized spacial score (nSPS) is 11.7. The molecule has 0 unspecified atom stereocenters. The van der Waals surface area contributed by atoms with Crippen molar-refractivity contribution in [3.63, 3.8) is 0 Å². The zero-order valence-electron chi connectivity index (χ0n) is 18.2. The van der Waals surface area contributed by atoms with Crippen molar-refractivity contribution in [2.75, 3.05) is 25.2 Å². The third-order valence-electron chi connectivity index (χ3n) is 5.01. The van der Waals surface area contributed by atoms with Gasteiger partial charge in [-0.25, -0.2) is 17.7 Å². The van der Waals surface area contributed by atoms with Crippen molar-refractivity contribution in [2.45, 2.75) is 30.8 Å². The number of nitrogens with one attached hydrogen (secondary N) is 1. The van der Waals surface area contributed by atoms with E-state index in [1.54, 1.807) is 25.3 Å². The number of thioether (sulfide) groups is 1. The Balaban J connectivity index is 1.73. The zero-order valence-corrected chi connectivity index (χ0v) is 19.8. The molecule has 0 saturated carbocycles. The average Bonchev–Trinajstić information content (AvgIpc) is 3.18. The fourth-order valence-corrected chi connectivity index (χ4v) is 4.97. The van der Waals surface area contributed by atoms with Gasteiger partial charge >= 0.3 is 0 Å². The summed E-state index contributed by atoms with van der Waals surface area (Å²) in [6.07, 6.45) is 3.58. The van der Waals surface area contributed by atoms with Gasteiger partial charge in [0.1, 0.15) is 0 Å². The summed E-state index contributed by atoms with van der Waals surface area (Å²) in [5.74, 6) is -0.0940. The van der Waals surface area contributed by atoms with E-state index in [0.29, 0.717) is 16.4 Å². The summed E-state index contributed by atoms with van der Waals surface area (Å²) in [6, 6.07) is 10.9. The molecule has 1 heterocycles. The van der Waals surface area contributed by atoms with E-state index in [0.717, 1.165) is 15.6 Å². The minimum absolute atomic E-state index is 0.144. The monoisotopic (exact) mass is 458 g/mol. The predicted octanol–water partition coefficient (Wildman–Crippen LogP) is 3.78. The molecule has 0 aliphatic heterocycles. The number of hydrogen-bond donors (Lipinski definition) is 1. The lowest BCUT2D eigenvalue weighted by Gasteiger charge is -2.15. The molecule has 9 heteroatoms. The number of carbonyl (C=O) groups excluding carboxylic acids is 1. The molecule has 3 aromatic rings. The molecule has 0 fully saturated rings. The molecule has 0 atom stereocenters. The second-order valence-corrected chi connectivity index (χ2v) is 10.5. The van der Waals surface area contributed by atoms with E-state index in [1.165, 1.54) is 37.5 Å². The first-order chi connectivity index (χ1) is 14.6. The van der Waals surface area contributed by atoms with E-state index >= 15 is 0 Å². The van der Waals surface area contributed by atoms with E-state index in [2.05, 4.69) is 30.2 Å². The van der Waals surface area contributed by atoms with Crippen LogP contribution in [0.1, 0.15) is 16.7 Å². The van der Waals surface area contributed by atoms with Crippen LogP contribution in [-0.4, -0.2) is 48.0 Å². The number of amides is 1. The minimum atomic E-state index is -3.59. The molecule has 7 nitrogen and oxygen atoms in total. The molecular formula is C22H26N4O3S2. The molecule has 1 N–H and O–H groups in total. The van der Waals surface area contributed by atoms with Crippen molar-refractivity contribution >= 4 is 33.4 Å². The average molecular weight is 459 g/mol. The minimum Gasteiger partial charge on any atom is -0.325 e. The van der Waals surface area contributed by atoms with E-state index < -0.39 is 10.0 Å². The van der Waals surface area contributed by atoms with E-state index in [9.17, 15) is 13.2 Å². The SMILES string of the molecule is Cc1ccc(NC(=O)CSc2nccn2-c2cccc(C)c2C)cc1S(=O)(=O)N(C)C. The van der Waals surface area contributed by atoms with Gasteiger partial charge in [-0.1, -0.05) is 30.0 Å². The number of nitrogens with zero attached hydrogens (tertiary/aromatic N) is 3. The number of aromatic nitrogens is 2. The fraction of sp³-hybridized carbons (Fsp3) is 0.273. The van der Waals surface area contributed by atoms with Crippen LogP contribution in [-0.2, 0) is 14.8 Å². The molecule has 0 saturated heterocycles. The topological polar surface area (TPSA) is 84.3 Å². The Bertz CT molecular complexity index is 1220. The lowest BCUT2D eigenvalue weighted by molar-refractivity contribution is -0.113. The van der Waals surface area contributed by atoms with Gasteiger partial charge in [0.2, 0.25) is 15.9 Å². The van der Waals surface area contributed by atoms with Gasteiger partial charge in [-0.05, 0) is 55.7 Å². The lowest BCUT2D eigenvalue weighted by Crippen LogP contribution is -2.23. The third-order valence-corrected chi connectivity index (χ3v) is 7.93. The van der Waals surface area contributed by atoms with Crippen molar-refractivity contribution in [3.8, 4) is 5.69 Å². The van der Waals surface area contributed by atoms with Gasteiger partial charge in [0.15, 0.2) is 5.16 Å². The van der Waals surface area contributed by atoms with Gasteiger partial charge in [-0.15, -0.1) is 0 Å². The summed E-state index contributed by atoms with van der Waals surface area (Å²) in [4.78, 5) is 17.1. The maximum atomic E-state index is 12.5. The zero-order chi connectivity index (χ0) is 22.8. The van der Waals surface area contributed by atoms with Crippen molar-refractivity contribution in [2.24, 2.45) is 0 Å². The molecule has 1 amide bonds. The molecule has 0 spiro atoms. The number of sulfonamides is 1. The van der Waals surface area contributed by atoms with E-state index in [-0.39, 0.29) is 16.6 Å². The summed E-state index contributed by atoms with van der Waals surface area (Å²) in [7, 11) is -0.632. The van der Waals surface area contributed by atoms with Crippen molar-refractivity contribution in [3.05, 3.63) is 65.5 Å². The predicted molar refractivity (Wildman–Crippen MR) is 124 cm³/mol. The van der Waals surface area contributed by atoms with Crippen LogP contribution in [0.5, 0.6) is 0 Å². The number of anilines is 1. The van der Waals surface area contributed by atoms with Gasteiger partial charge < -0.3 is 5.32 Å². The summed E-state index contributed by atoms with van der Waals surface area (Å²) >= 11 is 1.32. The summed E-state index contributed by atoms with van der Waals surface area (Å²) in [5.41, 5.74) is 4.42. The highest BCUT2D eigenvalue weighted by Crippen LogP contribution is 2.25.